The van der Waals surface area contributed by atoms with E-state index in [1.807, 2.05) is 6.07 Å². The highest BCUT2D eigenvalue weighted by atomic mass is 16.5. The minimum absolute atomic E-state index is 0.414. The number of ether oxygens (including phenoxy) is 2. The van der Waals surface area contributed by atoms with Crippen molar-refractivity contribution < 1.29 is 18.7 Å². The van der Waals surface area contributed by atoms with Gasteiger partial charge in [-0.25, -0.2) is 0 Å². The number of rotatable bonds is 6. The molecule has 0 saturated carbocycles. The van der Waals surface area contributed by atoms with E-state index < -0.39 is 11.9 Å². The smallest absolute Gasteiger partial charge is 0.245 e. The monoisotopic (exact) mass is 312 g/mol. The van der Waals surface area contributed by atoms with Gasteiger partial charge in [0.15, 0.2) is 11.5 Å². The van der Waals surface area contributed by atoms with E-state index >= 15 is 0 Å². The van der Waals surface area contributed by atoms with Gasteiger partial charge in [-0.1, -0.05) is 12.1 Å². The molecule has 1 aromatic carbocycles. The van der Waals surface area contributed by atoms with Gasteiger partial charge in [-0.3, -0.25) is 4.79 Å². The molecule has 0 bridgehead atoms. The summed E-state index contributed by atoms with van der Waals surface area (Å²) in [5.74, 6) is 1.04. The minimum Gasteiger partial charge on any atom is -0.493 e. The standard InChI is InChI=1S/C17H16N2O4/c1-21-15-7-3-6-13(17(15)22-2)14(11-18)19-16(20)9-8-12-5-4-10-23-12/h3-10,14H,1-2H3,(H,19,20)/b9-8+. The fraction of sp³-hybridized carbons (Fsp3) is 0.176. The van der Waals surface area contributed by atoms with Crippen molar-refractivity contribution in [3.05, 3.63) is 54.0 Å². The first-order valence-corrected chi connectivity index (χ1v) is 6.82. The zero-order chi connectivity index (χ0) is 16.7. The number of nitrogens with one attached hydrogen (secondary N) is 1. The summed E-state index contributed by atoms with van der Waals surface area (Å²) >= 11 is 0. The highest BCUT2D eigenvalue weighted by molar-refractivity contribution is 5.91. The lowest BCUT2D eigenvalue weighted by Gasteiger charge is -2.16. The van der Waals surface area contributed by atoms with Crippen LogP contribution in [0.5, 0.6) is 11.5 Å². The van der Waals surface area contributed by atoms with Gasteiger partial charge in [0, 0.05) is 11.6 Å². The van der Waals surface area contributed by atoms with E-state index in [-0.39, 0.29) is 0 Å². The van der Waals surface area contributed by atoms with Gasteiger partial charge in [-0.15, -0.1) is 0 Å². The molecule has 2 aromatic rings. The van der Waals surface area contributed by atoms with Crippen LogP contribution in [0.2, 0.25) is 0 Å². The highest BCUT2D eigenvalue weighted by Crippen LogP contribution is 2.34. The Bertz CT molecular complexity index is 730. The predicted octanol–water partition coefficient (Wildman–Crippen LogP) is 2.69. The Labute approximate surface area is 133 Å². The summed E-state index contributed by atoms with van der Waals surface area (Å²) in [5.41, 5.74) is 0.522. The number of carbonyl (C=O) groups is 1. The van der Waals surface area contributed by atoms with Gasteiger partial charge in [0.25, 0.3) is 0 Å². The van der Waals surface area contributed by atoms with Crippen LogP contribution in [0.3, 0.4) is 0 Å². The molecule has 0 radical (unpaired) electrons. The number of hydrogen-bond acceptors (Lipinski definition) is 5. The number of para-hydroxylation sites is 1. The molecule has 23 heavy (non-hydrogen) atoms. The molecule has 2 rings (SSSR count). The molecule has 1 heterocycles. The van der Waals surface area contributed by atoms with Crippen LogP contribution in [0.4, 0.5) is 0 Å². The van der Waals surface area contributed by atoms with Crippen LogP contribution in [0.1, 0.15) is 17.4 Å². The van der Waals surface area contributed by atoms with Crippen molar-refractivity contribution in [3.63, 3.8) is 0 Å². The van der Waals surface area contributed by atoms with Gasteiger partial charge in [-0.2, -0.15) is 5.26 Å². The van der Waals surface area contributed by atoms with Crippen molar-refractivity contribution in [2.24, 2.45) is 0 Å². The third-order valence-corrected chi connectivity index (χ3v) is 3.10. The molecule has 6 heteroatoms. The maximum absolute atomic E-state index is 12.0. The lowest BCUT2D eigenvalue weighted by atomic mass is 10.1. The zero-order valence-corrected chi connectivity index (χ0v) is 12.8. The lowest BCUT2D eigenvalue weighted by molar-refractivity contribution is -0.116. The summed E-state index contributed by atoms with van der Waals surface area (Å²) in [6.07, 6.45) is 4.33. The molecule has 1 amide bonds. The van der Waals surface area contributed by atoms with Crippen molar-refractivity contribution in [2.45, 2.75) is 6.04 Å². The molecular weight excluding hydrogens is 296 g/mol. The maximum atomic E-state index is 12.0. The molecule has 0 aliphatic carbocycles. The highest BCUT2D eigenvalue weighted by Gasteiger charge is 2.19. The molecule has 0 aliphatic rings. The third kappa shape index (κ3) is 3.92. The van der Waals surface area contributed by atoms with Crippen LogP contribution in [0.15, 0.2) is 47.1 Å². The van der Waals surface area contributed by atoms with Gasteiger partial charge in [0.05, 0.1) is 26.6 Å². The van der Waals surface area contributed by atoms with E-state index in [0.717, 1.165) is 0 Å². The van der Waals surface area contributed by atoms with E-state index in [1.54, 1.807) is 30.3 Å². The number of nitriles is 1. The molecule has 6 nitrogen and oxygen atoms in total. The second-order valence-electron chi connectivity index (χ2n) is 4.50. The second kappa shape index (κ2) is 7.71. The number of hydrogen-bond donors (Lipinski definition) is 1. The van der Waals surface area contributed by atoms with Crippen molar-refractivity contribution in [1.29, 1.82) is 5.26 Å². The number of carbonyl (C=O) groups excluding carboxylic acids is 1. The Morgan fingerprint density at radius 3 is 2.74 bits per heavy atom. The molecule has 0 saturated heterocycles. The Morgan fingerprint density at radius 1 is 1.30 bits per heavy atom. The van der Waals surface area contributed by atoms with Gasteiger partial charge >= 0.3 is 0 Å². The molecule has 0 aliphatic heterocycles. The summed E-state index contributed by atoms with van der Waals surface area (Å²) in [4.78, 5) is 12.0. The van der Waals surface area contributed by atoms with Gasteiger partial charge in [-0.05, 0) is 24.3 Å². The van der Waals surface area contributed by atoms with Crippen LogP contribution in [0.25, 0.3) is 6.08 Å². The first-order valence-electron chi connectivity index (χ1n) is 6.82. The normalized spacial score (nSPS) is 11.7. The zero-order valence-electron chi connectivity index (χ0n) is 12.8. The Hall–Kier alpha value is -3.20. The van der Waals surface area contributed by atoms with Crippen LogP contribution >= 0.6 is 0 Å². The SMILES string of the molecule is COc1cccc(C(C#N)NC(=O)/C=C/c2ccco2)c1OC. The average Bonchev–Trinajstić information content (AvgIpc) is 3.10. The first-order chi connectivity index (χ1) is 11.2. The topological polar surface area (TPSA) is 84.5 Å². The quantitative estimate of drug-likeness (QED) is 0.829. The molecule has 0 spiro atoms. The van der Waals surface area contributed by atoms with Crippen LogP contribution in [-0.2, 0) is 4.79 Å². The van der Waals surface area contributed by atoms with Crippen molar-refractivity contribution in [2.75, 3.05) is 14.2 Å². The fourth-order valence-electron chi connectivity index (χ4n) is 2.05. The van der Waals surface area contributed by atoms with Crippen LogP contribution in [0, 0.1) is 11.3 Å². The second-order valence-corrected chi connectivity index (χ2v) is 4.50. The molecule has 1 unspecified atom stereocenters. The van der Waals surface area contributed by atoms with E-state index in [1.165, 1.54) is 32.6 Å². The molecule has 1 N–H and O–H groups in total. The number of methoxy groups -OCH3 is 2. The fourth-order valence-corrected chi connectivity index (χ4v) is 2.05. The molecular formula is C17H16N2O4. The van der Waals surface area contributed by atoms with Gasteiger partial charge in [0.1, 0.15) is 11.8 Å². The maximum Gasteiger partial charge on any atom is 0.245 e. The van der Waals surface area contributed by atoms with Crippen LogP contribution in [-0.4, -0.2) is 20.1 Å². The van der Waals surface area contributed by atoms with E-state index in [4.69, 9.17) is 13.9 Å². The Kier molecular flexibility index (Phi) is 5.42. The predicted molar refractivity (Wildman–Crippen MR) is 83.8 cm³/mol. The number of benzene rings is 1. The number of amides is 1. The molecule has 1 aromatic heterocycles. The molecule has 118 valence electrons. The van der Waals surface area contributed by atoms with E-state index in [0.29, 0.717) is 22.8 Å². The van der Waals surface area contributed by atoms with Crippen molar-refractivity contribution >= 4 is 12.0 Å². The Morgan fingerprint density at radius 2 is 2.13 bits per heavy atom. The van der Waals surface area contributed by atoms with Crippen LogP contribution < -0.4 is 14.8 Å². The first kappa shape index (κ1) is 16.2. The summed E-state index contributed by atoms with van der Waals surface area (Å²) in [6, 6.07) is 9.76. The molecule has 0 fully saturated rings. The van der Waals surface area contributed by atoms with Gasteiger partial charge in [0.2, 0.25) is 5.91 Å². The van der Waals surface area contributed by atoms with Crippen molar-refractivity contribution in [1.82, 2.24) is 5.32 Å². The summed E-state index contributed by atoms with van der Waals surface area (Å²) in [7, 11) is 2.99. The largest absolute Gasteiger partial charge is 0.493 e. The van der Waals surface area contributed by atoms with E-state index in [9.17, 15) is 10.1 Å². The summed E-state index contributed by atoms with van der Waals surface area (Å²) in [5, 5.41) is 12.0. The number of furan rings is 1. The summed E-state index contributed by atoms with van der Waals surface area (Å²) < 4.78 is 15.6. The van der Waals surface area contributed by atoms with Crippen molar-refractivity contribution in [3.8, 4) is 17.6 Å². The third-order valence-electron chi connectivity index (χ3n) is 3.10. The lowest BCUT2D eigenvalue weighted by Crippen LogP contribution is -2.26. The average molecular weight is 312 g/mol. The Balaban J connectivity index is 2.17. The van der Waals surface area contributed by atoms with Gasteiger partial charge < -0.3 is 19.2 Å². The number of nitrogens with zero attached hydrogens (tertiary/aromatic N) is 1. The summed E-state index contributed by atoms with van der Waals surface area (Å²) in [6.45, 7) is 0. The van der Waals surface area contributed by atoms with E-state index in [2.05, 4.69) is 5.32 Å². The molecule has 1 atom stereocenters. The minimum atomic E-state index is -0.867.